The summed E-state index contributed by atoms with van der Waals surface area (Å²) in [5.74, 6) is 0.512. The highest BCUT2D eigenvalue weighted by Gasteiger charge is 2.25. The lowest BCUT2D eigenvalue weighted by Crippen LogP contribution is -2.42. The smallest absolute Gasteiger partial charge is 0.322 e. The standard InChI is InChI=1S/C16H17Cl2N5O2/c1-19-15-21-13-5-6-23(8-10(13)14(24)22(15)2)16(25)20-9-3-4-11(17)12(18)7-9/h3-4,7H,5-6,8H2,1-2H3,(H,19,21)(H,20,25). The van der Waals surface area contributed by atoms with Crippen LogP contribution >= 0.6 is 23.2 Å². The average molecular weight is 382 g/mol. The second-order valence-corrected chi connectivity index (χ2v) is 6.52. The first kappa shape index (κ1) is 17.6. The summed E-state index contributed by atoms with van der Waals surface area (Å²) < 4.78 is 1.44. The predicted molar refractivity (Wildman–Crippen MR) is 98.6 cm³/mol. The number of hydrogen-bond donors (Lipinski definition) is 2. The van der Waals surface area contributed by atoms with Crippen LogP contribution in [0.1, 0.15) is 11.3 Å². The summed E-state index contributed by atoms with van der Waals surface area (Å²) in [6, 6.07) is 4.57. The zero-order valence-electron chi connectivity index (χ0n) is 13.8. The second-order valence-electron chi connectivity index (χ2n) is 5.71. The number of anilines is 2. The number of carbonyl (C=O) groups excluding carboxylic acids is 1. The van der Waals surface area contributed by atoms with E-state index >= 15 is 0 Å². The van der Waals surface area contributed by atoms with Crippen molar-refractivity contribution in [3.63, 3.8) is 0 Å². The number of carbonyl (C=O) groups is 1. The van der Waals surface area contributed by atoms with Gasteiger partial charge in [-0.1, -0.05) is 23.2 Å². The number of fused-ring (bicyclic) bond motifs is 1. The molecule has 2 amide bonds. The maximum atomic E-state index is 12.5. The van der Waals surface area contributed by atoms with Gasteiger partial charge in [0.1, 0.15) is 0 Å². The van der Waals surface area contributed by atoms with Crippen LogP contribution < -0.4 is 16.2 Å². The van der Waals surface area contributed by atoms with Crippen LogP contribution in [0.2, 0.25) is 10.0 Å². The molecule has 0 radical (unpaired) electrons. The summed E-state index contributed by atoms with van der Waals surface area (Å²) in [5, 5.41) is 6.45. The van der Waals surface area contributed by atoms with Crippen molar-refractivity contribution >= 4 is 40.9 Å². The van der Waals surface area contributed by atoms with Gasteiger partial charge in [0.25, 0.3) is 5.56 Å². The molecule has 2 N–H and O–H groups in total. The Bertz CT molecular complexity index is 897. The Morgan fingerprint density at radius 3 is 2.72 bits per heavy atom. The van der Waals surface area contributed by atoms with Crippen LogP contribution in [0.3, 0.4) is 0 Å². The zero-order chi connectivity index (χ0) is 18.1. The Hall–Kier alpha value is -2.25. The Kier molecular flexibility index (Phi) is 4.87. The first-order valence-corrected chi connectivity index (χ1v) is 8.43. The molecule has 25 heavy (non-hydrogen) atoms. The van der Waals surface area contributed by atoms with E-state index in [2.05, 4.69) is 15.6 Å². The van der Waals surface area contributed by atoms with Gasteiger partial charge in [-0.2, -0.15) is 0 Å². The minimum absolute atomic E-state index is 0.151. The molecular formula is C16H17Cl2N5O2. The molecule has 0 bridgehead atoms. The van der Waals surface area contributed by atoms with E-state index in [0.29, 0.717) is 40.2 Å². The topological polar surface area (TPSA) is 79.3 Å². The Balaban J connectivity index is 1.80. The highest BCUT2D eigenvalue weighted by Crippen LogP contribution is 2.25. The van der Waals surface area contributed by atoms with Crippen molar-refractivity contribution < 1.29 is 4.79 Å². The van der Waals surface area contributed by atoms with Gasteiger partial charge in [-0.05, 0) is 18.2 Å². The number of halogens is 2. The highest BCUT2D eigenvalue weighted by molar-refractivity contribution is 6.42. The highest BCUT2D eigenvalue weighted by atomic mass is 35.5. The summed E-state index contributed by atoms with van der Waals surface area (Å²) in [4.78, 5) is 31.0. The lowest BCUT2D eigenvalue weighted by Gasteiger charge is -2.28. The number of benzene rings is 1. The van der Waals surface area contributed by atoms with Crippen LogP contribution in [-0.4, -0.2) is 34.1 Å². The normalized spacial score (nSPS) is 13.4. The predicted octanol–water partition coefficient (Wildman–Crippen LogP) is 2.72. The van der Waals surface area contributed by atoms with Gasteiger partial charge in [-0.25, -0.2) is 9.78 Å². The van der Waals surface area contributed by atoms with Crippen molar-refractivity contribution in [1.82, 2.24) is 14.5 Å². The molecular weight excluding hydrogens is 365 g/mol. The number of amides is 2. The number of nitrogens with one attached hydrogen (secondary N) is 2. The van der Waals surface area contributed by atoms with Crippen molar-refractivity contribution in [2.75, 3.05) is 24.2 Å². The Labute approximate surface area is 154 Å². The van der Waals surface area contributed by atoms with E-state index in [9.17, 15) is 9.59 Å². The van der Waals surface area contributed by atoms with Crippen LogP contribution in [-0.2, 0) is 20.0 Å². The van der Waals surface area contributed by atoms with Gasteiger partial charge in [0.2, 0.25) is 5.95 Å². The zero-order valence-corrected chi connectivity index (χ0v) is 15.3. The monoisotopic (exact) mass is 381 g/mol. The molecule has 0 spiro atoms. The number of aromatic nitrogens is 2. The number of rotatable bonds is 2. The van der Waals surface area contributed by atoms with Crippen molar-refractivity contribution in [3.8, 4) is 0 Å². The Morgan fingerprint density at radius 2 is 2.04 bits per heavy atom. The molecule has 1 aromatic carbocycles. The third kappa shape index (κ3) is 3.43. The van der Waals surface area contributed by atoms with Gasteiger partial charge in [-0.15, -0.1) is 0 Å². The van der Waals surface area contributed by atoms with Crippen molar-refractivity contribution in [2.45, 2.75) is 13.0 Å². The number of nitrogens with zero attached hydrogens (tertiary/aromatic N) is 3. The fourth-order valence-electron chi connectivity index (χ4n) is 2.74. The lowest BCUT2D eigenvalue weighted by molar-refractivity contribution is 0.205. The minimum atomic E-state index is -0.302. The average Bonchev–Trinajstić information content (AvgIpc) is 2.61. The summed E-state index contributed by atoms with van der Waals surface area (Å²) >= 11 is 11.8. The van der Waals surface area contributed by atoms with E-state index in [1.807, 2.05) is 0 Å². The molecule has 0 atom stereocenters. The molecule has 0 saturated heterocycles. The van der Waals surface area contributed by atoms with Gasteiger partial charge in [0.15, 0.2) is 0 Å². The molecule has 9 heteroatoms. The Morgan fingerprint density at radius 1 is 1.28 bits per heavy atom. The summed E-state index contributed by atoms with van der Waals surface area (Å²) in [5.41, 5.74) is 1.66. The minimum Gasteiger partial charge on any atom is -0.359 e. The molecule has 3 rings (SSSR count). The largest absolute Gasteiger partial charge is 0.359 e. The van der Waals surface area contributed by atoms with E-state index in [0.717, 1.165) is 5.69 Å². The summed E-state index contributed by atoms with van der Waals surface area (Å²) in [6.45, 7) is 0.690. The van der Waals surface area contributed by atoms with Gasteiger partial charge < -0.3 is 15.5 Å². The van der Waals surface area contributed by atoms with Crippen molar-refractivity contribution in [2.24, 2.45) is 7.05 Å². The van der Waals surface area contributed by atoms with Crippen LogP contribution in [0.15, 0.2) is 23.0 Å². The fraction of sp³-hybridized carbons (Fsp3) is 0.312. The van der Waals surface area contributed by atoms with Gasteiger partial charge in [-0.3, -0.25) is 9.36 Å². The molecule has 1 aliphatic heterocycles. The second kappa shape index (κ2) is 6.93. The van der Waals surface area contributed by atoms with Crippen LogP contribution in [0.4, 0.5) is 16.4 Å². The molecule has 1 aromatic heterocycles. The van der Waals surface area contributed by atoms with E-state index in [-0.39, 0.29) is 18.1 Å². The SMILES string of the molecule is CNc1nc2c(c(=O)n1C)CN(C(=O)Nc1ccc(Cl)c(Cl)c1)CC2. The first-order chi connectivity index (χ1) is 11.9. The maximum Gasteiger partial charge on any atom is 0.322 e. The van der Waals surface area contributed by atoms with Crippen LogP contribution in [0.25, 0.3) is 0 Å². The lowest BCUT2D eigenvalue weighted by atomic mass is 10.1. The molecule has 2 aromatic rings. The molecule has 0 aliphatic carbocycles. The fourth-order valence-corrected chi connectivity index (χ4v) is 3.04. The molecule has 0 fully saturated rings. The third-order valence-corrected chi connectivity index (χ3v) is 4.86. The molecule has 132 valence electrons. The van der Waals surface area contributed by atoms with Crippen LogP contribution in [0.5, 0.6) is 0 Å². The molecule has 1 aliphatic rings. The maximum absolute atomic E-state index is 12.5. The van der Waals surface area contributed by atoms with Crippen molar-refractivity contribution in [3.05, 3.63) is 49.9 Å². The third-order valence-electron chi connectivity index (χ3n) is 4.12. The molecule has 2 heterocycles. The quantitative estimate of drug-likeness (QED) is 0.837. The van der Waals surface area contributed by atoms with Gasteiger partial charge in [0.05, 0.1) is 27.8 Å². The summed E-state index contributed by atoms with van der Waals surface area (Å²) in [6.07, 6.45) is 0.523. The van der Waals surface area contributed by atoms with E-state index in [4.69, 9.17) is 23.2 Å². The number of urea groups is 1. The summed E-state index contributed by atoms with van der Waals surface area (Å²) in [7, 11) is 3.37. The number of hydrogen-bond acceptors (Lipinski definition) is 4. The van der Waals surface area contributed by atoms with Gasteiger partial charge in [0, 0.05) is 32.7 Å². The molecule has 0 saturated carbocycles. The molecule has 7 nitrogen and oxygen atoms in total. The van der Waals surface area contributed by atoms with Crippen molar-refractivity contribution in [1.29, 1.82) is 0 Å². The molecule has 0 unspecified atom stereocenters. The van der Waals surface area contributed by atoms with E-state index in [1.54, 1.807) is 37.2 Å². The van der Waals surface area contributed by atoms with Gasteiger partial charge >= 0.3 is 6.03 Å². The van der Waals surface area contributed by atoms with E-state index < -0.39 is 0 Å². The van der Waals surface area contributed by atoms with Crippen LogP contribution in [0, 0.1) is 0 Å². The van der Waals surface area contributed by atoms with E-state index in [1.165, 1.54) is 4.57 Å². The first-order valence-electron chi connectivity index (χ1n) is 7.68.